The molecule has 2 N–H and O–H groups in total. The molecular weight excluding hydrogens is 512 g/mol. The first-order chi connectivity index (χ1) is 19.7. The Hall–Kier alpha value is -4.71. The molecule has 4 aromatic rings. The quantitative estimate of drug-likeness (QED) is 0.171. The Morgan fingerprint density at radius 2 is 1.61 bits per heavy atom. The average molecular weight is 549 g/mol. The lowest BCUT2D eigenvalue weighted by Gasteiger charge is -2.33. The number of anilines is 2. The van der Waals surface area contributed by atoms with E-state index >= 15 is 0 Å². The molecule has 0 unspecified atom stereocenters. The van der Waals surface area contributed by atoms with E-state index in [-0.39, 0.29) is 5.54 Å². The summed E-state index contributed by atoms with van der Waals surface area (Å²) in [5.74, 6) is 1.41. The van der Waals surface area contributed by atoms with Crippen LogP contribution in [0.4, 0.5) is 11.4 Å². The number of fused-ring (bicyclic) bond motifs is 1. The van der Waals surface area contributed by atoms with Gasteiger partial charge < -0.3 is 24.8 Å². The van der Waals surface area contributed by atoms with Gasteiger partial charge in [-0.05, 0) is 86.9 Å². The molecule has 0 amide bonds. The molecule has 41 heavy (non-hydrogen) atoms. The molecule has 0 aromatic heterocycles. The van der Waals surface area contributed by atoms with Crippen molar-refractivity contribution in [3.63, 3.8) is 0 Å². The number of rotatable bonds is 8. The number of methoxy groups -OCH3 is 2. The van der Waals surface area contributed by atoms with Crippen molar-refractivity contribution in [2.75, 3.05) is 24.9 Å². The summed E-state index contributed by atoms with van der Waals surface area (Å²) in [7, 11) is 3.30. The molecule has 0 bridgehead atoms. The standard InChI is InChI=1S/C35H36N2O4/c1-22-10-9-11-24(18-22)34(38)41-25-14-15-27(32(19-25)40-6)26-16-17-30-33(23(2)20-35(3,4)37-30)28(26)21-36-29-12-7-8-13-31(29)39-5/h7-20,36-37H,21H2,1-6H3. The number of esters is 1. The van der Waals surface area contributed by atoms with Gasteiger partial charge in [0.25, 0.3) is 0 Å². The highest BCUT2D eigenvalue weighted by Crippen LogP contribution is 2.43. The molecule has 0 radical (unpaired) electrons. The van der Waals surface area contributed by atoms with E-state index < -0.39 is 5.97 Å². The smallest absolute Gasteiger partial charge is 0.343 e. The molecule has 1 heterocycles. The molecule has 0 aliphatic carbocycles. The molecule has 4 aromatic carbocycles. The number of nitrogens with one attached hydrogen (secondary N) is 2. The van der Waals surface area contributed by atoms with Crippen LogP contribution in [0, 0.1) is 6.92 Å². The van der Waals surface area contributed by atoms with E-state index in [2.05, 4.69) is 49.6 Å². The van der Waals surface area contributed by atoms with E-state index in [1.54, 1.807) is 26.4 Å². The van der Waals surface area contributed by atoms with Crippen molar-refractivity contribution in [1.82, 2.24) is 0 Å². The lowest BCUT2D eigenvalue weighted by Crippen LogP contribution is -2.32. The third-order valence-electron chi connectivity index (χ3n) is 7.23. The maximum Gasteiger partial charge on any atom is 0.343 e. The maximum absolute atomic E-state index is 12.8. The van der Waals surface area contributed by atoms with Gasteiger partial charge in [-0.25, -0.2) is 4.79 Å². The van der Waals surface area contributed by atoms with Gasteiger partial charge in [0.2, 0.25) is 0 Å². The highest BCUT2D eigenvalue weighted by molar-refractivity contribution is 5.92. The van der Waals surface area contributed by atoms with Gasteiger partial charge in [0, 0.05) is 29.4 Å². The van der Waals surface area contributed by atoms with Gasteiger partial charge in [-0.1, -0.05) is 42.0 Å². The van der Waals surface area contributed by atoms with Crippen molar-refractivity contribution in [2.45, 2.75) is 39.8 Å². The molecule has 1 aliphatic rings. The number of carbonyl (C=O) groups is 1. The number of aryl methyl sites for hydroxylation is 1. The number of carbonyl (C=O) groups excluding carboxylic acids is 1. The zero-order valence-electron chi connectivity index (χ0n) is 24.4. The number of para-hydroxylation sites is 2. The van der Waals surface area contributed by atoms with E-state index in [9.17, 15) is 4.79 Å². The van der Waals surface area contributed by atoms with Crippen molar-refractivity contribution in [1.29, 1.82) is 0 Å². The molecular formula is C35H36N2O4. The molecule has 0 spiro atoms. The van der Waals surface area contributed by atoms with Crippen molar-refractivity contribution >= 4 is 22.9 Å². The minimum atomic E-state index is -0.409. The minimum Gasteiger partial charge on any atom is -0.496 e. The fourth-order valence-corrected chi connectivity index (χ4v) is 5.50. The second-order valence-electron chi connectivity index (χ2n) is 10.9. The lowest BCUT2D eigenvalue weighted by molar-refractivity contribution is 0.0734. The van der Waals surface area contributed by atoms with Gasteiger partial charge in [-0.3, -0.25) is 0 Å². The molecule has 0 fully saturated rings. The van der Waals surface area contributed by atoms with Gasteiger partial charge in [0.15, 0.2) is 0 Å². The van der Waals surface area contributed by atoms with Crippen molar-refractivity contribution in [3.8, 4) is 28.4 Å². The van der Waals surface area contributed by atoms with Gasteiger partial charge >= 0.3 is 5.97 Å². The van der Waals surface area contributed by atoms with Crippen LogP contribution in [0.5, 0.6) is 17.2 Å². The highest BCUT2D eigenvalue weighted by Gasteiger charge is 2.27. The Bertz CT molecular complexity index is 1640. The summed E-state index contributed by atoms with van der Waals surface area (Å²) in [6.45, 7) is 8.99. The van der Waals surface area contributed by atoms with E-state index in [1.807, 2.05) is 61.5 Å². The van der Waals surface area contributed by atoms with Gasteiger partial charge in [-0.2, -0.15) is 0 Å². The minimum absolute atomic E-state index is 0.160. The van der Waals surface area contributed by atoms with Gasteiger partial charge in [0.05, 0.1) is 31.0 Å². The SMILES string of the molecule is COc1ccccc1NCc1c(-c2ccc(OC(=O)c3cccc(C)c3)cc2OC)ccc2c1C(C)=CC(C)(C)N2. The number of hydrogen-bond acceptors (Lipinski definition) is 6. The van der Waals surface area contributed by atoms with Crippen molar-refractivity contribution < 1.29 is 19.0 Å². The molecule has 210 valence electrons. The van der Waals surface area contributed by atoms with Gasteiger partial charge in [0.1, 0.15) is 17.2 Å². The molecule has 6 heteroatoms. The van der Waals surface area contributed by atoms with Crippen molar-refractivity contribution in [3.05, 3.63) is 107 Å². The Morgan fingerprint density at radius 1 is 0.854 bits per heavy atom. The van der Waals surface area contributed by atoms with Crippen LogP contribution in [0.15, 0.2) is 84.9 Å². The predicted molar refractivity (Wildman–Crippen MR) is 166 cm³/mol. The summed E-state index contributed by atoms with van der Waals surface area (Å²) in [5.41, 5.74) is 8.73. The van der Waals surface area contributed by atoms with Crippen LogP contribution in [0.2, 0.25) is 0 Å². The second kappa shape index (κ2) is 11.4. The maximum atomic E-state index is 12.8. The molecule has 5 rings (SSSR count). The molecule has 0 saturated heterocycles. The lowest BCUT2D eigenvalue weighted by atomic mass is 9.85. The number of allylic oxidation sites excluding steroid dienone is 1. The monoisotopic (exact) mass is 548 g/mol. The molecule has 6 nitrogen and oxygen atoms in total. The topological polar surface area (TPSA) is 68.8 Å². The van der Waals surface area contributed by atoms with E-state index in [1.165, 1.54) is 5.57 Å². The van der Waals surface area contributed by atoms with E-state index in [4.69, 9.17) is 14.2 Å². The van der Waals surface area contributed by atoms with Crippen LogP contribution in [-0.4, -0.2) is 25.7 Å². The summed E-state index contributed by atoms with van der Waals surface area (Å²) in [6.07, 6.45) is 2.26. The Morgan fingerprint density at radius 3 is 2.37 bits per heavy atom. The zero-order valence-corrected chi connectivity index (χ0v) is 24.4. The largest absolute Gasteiger partial charge is 0.496 e. The van der Waals surface area contributed by atoms with Crippen LogP contribution < -0.4 is 24.8 Å². The molecule has 1 aliphatic heterocycles. The number of ether oxygens (including phenoxy) is 3. The first kappa shape index (κ1) is 27.8. The van der Waals surface area contributed by atoms with E-state index in [0.29, 0.717) is 23.6 Å². The Labute approximate surface area is 242 Å². The van der Waals surface area contributed by atoms with Crippen LogP contribution in [-0.2, 0) is 6.54 Å². The van der Waals surface area contributed by atoms with Crippen LogP contribution in [0.1, 0.15) is 47.8 Å². The summed E-state index contributed by atoms with van der Waals surface area (Å²) < 4.78 is 17.1. The fraction of sp³-hybridized carbons (Fsp3) is 0.229. The average Bonchev–Trinajstić information content (AvgIpc) is 2.95. The van der Waals surface area contributed by atoms with Crippen LogP contribution in [0.25, 0.3) is 16.7 Å². The normalized spacial score (nSPS) is 13.4. The van der Waals surface area contributed by atoms with Crippen LogP contribution in [0.3, 0.4) is 0 Å². The first-order valence-electron chi connectivity index (χ1n) is 13.7. The summed E-state index contributed by atoms with van der Waals surface area (Å²) in [5, 5.41) is 7.26. The van der Waals surface area contributed by atoms with Crippen molar-refractivity contribution in [2.24, 2.45) is 0 Å². The number of benzene rings is 4. The van der Waals surface area contributed by atoms with E-state index in [0.717, 1.165) is 44.9 Å². The fourth-order valence-electron chi connectivity index (χ4n) is 5.50. The summed E-state index contributed by atoms with van der Waals surface area (Å²) >= 11 is 0. The summed E-state index contributed by atoms with van der Waals surface area (Å²) in [4.78, 5) is 12.8. The summed E-state index contributed by atoms with van der Waals surface area (Å²) in [6, 6.07) is 25.0. The highest BCUT2D eigenvalue weighted by atomic mass is 16.5. The van der Waals surface area contributed by atoms with Crippen LogP contribution >= 0.6 is 0 Å². The zero-order chi connectivity index (χ0) is 29.1. The number of hydrogen-bond donors (Lipinski definition) is 2. The first-order valence-corrected chi connectivity index (χ1v) is 13.7. The second-order valence-corrected chi connectivity index (χ2v) is 10.9. The Balaban J connectivity index is 1.55. The Kier molecular flexibility index (Phi) is 7.75. The predicted octanol–water partition coefficient (Wildman–Crippen LogP) is 8.12. The molecule has 0 saturated carbocycles. The molecule has 0 atom stereocenters. The van der Waals surface area contributed by atoms with Gasteiger partial charge in [-0.15, -0.1) is 0 Å². The third kappa shape index (κ3) is 5.92. The third-order valence-corrected chi connectivity index (χ3v) is 7.23.